The van der Waals surface area contributed by atoms with E-state index in [1.807, 2.05) is 0 Å². The van der Waals surface area contributed by atoms with Gasteiger partial charge in [0.05, 0.1) is 0 Å². The summed E-state index contributed by atoms with van der Waals surface area (Å²) in [6, 6.07) is 4.56. The maximum absolute atomic E-state index is 8.96. The maximum Gasteiger partial charge on any atom is 0.0485 e. The monoisotopic (exact) mass is 231 g/mol. The SMILES string of the molecule is CCn1cc(CCCO)c2cc(C)c(C)cc21. The van der Waals surface area contributed by atoms with E-state index in [2.05, 4.69) is 43.7 Å². The van der Waals surface area contributed by atoms with Crippen molar-refractivity contribution in [3.05, 3.63) is 35.0 Å². The summed E-state index contributed by atoms with van der Waals surface area (Å²) in [6.45, 7) is 7.76. The summed E-state index contributed by atoms with van der Waals surface area (Å²) in [5.74, 6) is 0. The van der Waals surface area contributed by atoms with Gasteiger partial charge in [-0.3, -0.25) is 0 Å². The Morgan fingerprint density at radius 2 is 1.88 bits per heavy atom. The maximum atomic E-state index is 8.96. The Morgan fingerprint density at radius 1 is 1.18 bits per heavy atom. The predicted molar refractivity (Wildman–Crippen MR) is 72.5 cm³/mol. The second-order valence-corrected chi connectivity index (χ2v) is 4.72. The lowest BCUT2D eigenvalue weighted by Crippen LogP contribution is -1.91. The zero-order valence-electron chi connectivity index (χ0n) is 11.0. The fourth-order valence-corrected chi connectivity index (χ4v) is 2.35. The molecule has 0 amide bonds. The molecule has 1 aromatic carbocycles. The standard InChI is InChI=1S/C15H21NO/c1-4-16-10-13(6-5-7-17)14-8-11(2)12(3)9-15(14)16/h8-10,17H,4-7H2,1-3H3. The fourth-order valence-electron chi connectivity index (χ4n) is 2.35. The second kappa shape index (κ2) is 4.92. The molecule has 0 aliphatic carbocycles. The van der Waals surface area contributed by atoms with Crippen LogP contribution in [0.3, 0.4) is 0 Å². The first-order valence-corrected chi connectivity index (χ1v) is 6.37. The lowest BCUT2D eigenvalue weighted by molar-refractivity contribution is 0.288. The van der Waals surface area contributed by atoms with Crippen molar-refractivity contribution in [2.45, 2.75) is 40.2 Å². The van der Waals surface area contributed by atoms with Gasteiger partial charge in [-0.25, -0.2) is 0 Å². The highest BCUT2D eigenvalue weighted by Gasteiger charge is 2.08. The average molecular weight is 231 g/mol. The number of fused-ring (bicyclic) bond motifs is 1. The van der Waals surface area contributed by atoms with Crippen LogP contribution in [-0.2, 0) is 13.0 Å². The van der Waals surface area contributed by atoms with E-state index in [-0.39, 0.29) is 6.61 Å². The van der Waals surface area contributed by atoms with Crippen LogP contribution in [-0.4, -0.2) is 16.3 Å². The molecule has 17 heavy (non-hydrogen) atoms. The number of nitrogens with zero attached hydrogens (tertiary/aromatic N) is 1. The molecule has 2 nitrogen and oxygen atoms in total. The summed E-state index contributed by atoms with van der Waals surface area (Å²) in [7, 11) is 0. The minimum absolute atomic E-state index is 0.268. The van der Waals surface area contributed by atoms with E-state index in [0.29, 0.717) is 0 Å². The van der Waals surface area contributed by atoms with Crippen molar-refractivity contribution >= 4 is 10.9 Å². The number of aliphatic hydroxyl groups excluding tert-OH is 1. The van der Waals surface area contributed by atoms with Gasteiger partial charge in [0.1, 0.15) is 0 Å². The van der Waals surface area contributed by atoms with E-state index >= 15 is 0 Å². The molecule has 0 aliphatic rings. The molecule has 0 atom stereocenters. The minimum Gasteiger partial charge on any atom is -0.396 e. The quantitative estimate of drug-likeness (QED) is 0.859. The van der Waals surface area contributed by atoms with Gasteiger partial charge in [0, 0.05) is 30.3 Å². The first-order valence-electron chi connectivity index (χ1n) is 6.37. The van der Waals surface area contributed by atoms with E-state index in [9.17, 15) is 0 Å². The van der Waals surface area contributed by atoms with Crippen LogP contribution in [0.15, 0.2) is 18.3 Å². The zero-order valence-corrected chi connectivity index (χ0v) is 11.0. The predicted octanol–water partition coefficient (Wildman–Crippen LogP) is 3.20. The summed E-state index contributed by atoms with van der Waals surface area (Å²) in [4.78, 5) is 0. The molecule has 0 saturated carbocycles. The average Bonchev–Trinajstić information content (AvgIpc) is 2.65. The second-order valence-electron chi connectivity index (χ2n) is 4.72. The number of aryl methyl sites for hydroxylation is 4. The molecule has 92 valence electrons. The van der Waals surface area contributed by atoms with E-state index in [0.717, 1.165) is 19.4 Å². The van der Waals surface area contributed by atoms with Crippen LogP contribution in [0.5, 0.6) is 0 Å². The van der Waals surface area contributed by atoms with Crippen molar-refractivity contribution in [1.82, 2.24) is 4.57 Å². The lowest BCUT2D eigenvalue weighted by Gasteiger charge is -2.04. The molecular weight excluding hydrogens is 210 g/mol. The normalized spacial score (nSPS) is 11.3. The van der Waals surface area contributed by atoms with Gasteiger partial charge in [0.15, 0.2) is 0 Å². The molecule has 2 aromatic rings. The third-order valence-corrected chi connectivity index (χ3v) is 3.52. The first-order chi connectivity index (χ1) is 8.17. The van der Waals surface area contributed by atoms with Gasteiger partial charge in [-0.2, -0.15) is 0 Å². The van der Waals surface area contributed by atoms with Crippen molar-refractivity contribution < 1.29 is 5.11 Å². The van der Waals surface area contributed by atoms with Crippen LogP contribution in [0.4, 0.5) is 0 Å². The van der Waals surface area contributed by atoms with Crippen LogP contribution in [0.25, 0.3) is 10.9 Å². The summed E-state index contributed by atoms with van der Waals surface area (Å²) in [5.41, 5.74) is 5.37. The number of aliphatic hydroxyl groups is 1. The number of hydrogen-bond acceptors (Lipinski definition) is 1. The van der Waals surface area contributed by atoms with Crippen molar-refractivity contribution in [1.29, 1.82) is 0 Å². The molecule has 0 spiro atoms. The van der Waals surface area contributed by atoms with Gasteiger partial charge < -0.3 is 9.67 Å². The van der Waals surface area contributed by atoms with E-state index in [4.69, 9.17) is 5.11 Å². The van der Waals surface area contributed by atoms with Gasteiger partial charge in [0.2, 0.25) is 0 Å². The van der Waals surface area contributed by atoms with Crippen molar-refractivity contribution in [2.75, 3.05) is 6.61 Å². The molecule has 0 saturated heterocycles. The Labute approximate surface area is 103 Å². The number of rotatable bonds is 4. The Kier molecular flexibility index (Phi) is 3.53. The highest BCUT2D eigenvalue weighted by molar-refractivity contribution is 5.85. The van der Waals surface area contributed by atoms with Crippen LogP contribution in [0.2, 0.25) is 0 Å². The molecule has 2 rings (SSSR count). The van der Waals surface area contributed by atoms with Gasteiger partial charge >= 0.3 is 0 Å². The first kappa shape index (κ1) is 12.2. The number of benzene rings is 1. The molecule has 1 aromatic heterocycles. The molecule has 0 fully saturated rings. The topological polar surface area (TPSA) is 25.2 Å². The smallest absolute Gasteiger partial charge is 0.0485 e. The number of hydrogen-bond donors (Lipinski definition) is 1. The summed E-state index contributed by atoms with van der Waals surface area (Å²) in [6.07, 6.45) is 4.04. The minimum atomic E-state index is 0.268. The van der Waals surface area contributed by atoms with Crippen molar-refractivity contribution in [2.24, 2.45) is 0 Å². The molecule has 0 radical (unpaired) electrons. The fraction of sp³-hybridized carbons (Fsp3) is 0.467. The lowest BCUT2D eigenvalue weighted by atomic mass is 10.0. The van der Waals surface area contributed by atoms with Gasteiger partial charge in [-0.15, -0.1) is 0 Å². The molecule has 0 aliphatic heterocycles. The highest BCUT2D eigenvalue weighted by atomic mass is 16.2. The third kappa shape index (κ3) is 2.22. The van der Waals surface area contributed by atoms with Gasteiger partial charge in [0.25, 0.3) is 0 Å². The van der Waals surface area contributed by atoms with Crippen LogP contribution < -0.4 is 0 Å². The van der Waals surface area contributed by atoms with Crippen LogP contribution in [0.1, 0.15) is 30.0 Å². The Bertz CT molecular complexity index is 525. The Balaban J connectivity index is 2.57. The molecule has 1 N–H and O–H groups in total. The Hall–Kier alpha value is -1.28. The summed E-state index contributed by atoms with van der Waals surface area (Å²) in [5, 5.41) is 10.3. The largest absolute Gasteiger partial charge is 0.396 e. The molecular formula is C15H21NO. The van der Waals surface area contributed by atoms with Crippen LogP contribution >= 0.6 is 0 Å². The Morgan fingerprint density at radius 3 is 2.53 bits per heavy atom. The molecule has 0 unspecified atom stereocenters. The summed E-state index contributed by atoms with van der Waals surface area (Å²) >= 11 is 0. The highest BCUT2D eigenvalue weighted by Crippen LogP contribution is 2.26. The molecule has 2 heteroatoms. The summed E-state index contributed by atoms with van der Waals surface area (Å²) < 4.78 is 2.30. The third-order valence-electron chi connectivity index (χ3n) is 3.52. The zero-order chi connectivity index (χ0) is 12.4. The molecule has 0 bridgehead atoms. The van der Waals surface area contributed by atoms with Crippen molar-refractivity contribution in [3.8, 4) is 0 Å². The van der Waals surface area contributed by atoms with Gasteiger partial charge in [-0.1, -0.05) is 0 Å². The number of aromatic nitrogens is 1. The van der Waals surface area contributed by atoms with E-state index in [1.165, 1.54) is 27.6 Å². The van der Waals surface area contributed by atoms with E-state index in [1.54, 1.807) is 0 Å². The molecule has 1 heterocycles. The van der Waals surface area contributed by atoms with Crippen LogP contribution in [0, 0.1) is 13.8 Å². The van der Waals surface area contributed by atoms with Crippen molar-refractivity contribution in [3.63, 3.8) is 0 Å². The van der Waals surface area contributed by atoms with Gasteiger partial charge in [-0.05, 0) is 62.4 Å². The van der Waals surface area contributed by atoms with E-state index < -0.39 is 0 Å².